The first-order valence-corrected chi connectivity index (χ1v) is 6.00. The van der Waals surface area contributed by atoms with E-state index in [0.29, 0.717) is 23.5 Å². The molecular weight excluding hydrogens is 240 g/mol. The highest BCUT2D eigenvalue weighted by Crippen LogP contribution is 2.28. The van der Waals surface area contributed by atoms with Crippen LogP contribution in [0.3, 0.4) is 0 Å². The van der Waals surface area contributed by atoms with Crippen molar-refractivity contribution in [2.45, 2.75) is 6.61 Å². The van der Waals surface area contributed by atoms with Crippen LogP contribution in [0.15, 0.2) is 59.2 Å². The summed E-state index contributed by atoms with van der Waals surface area (Å²) in [6, 6.07) is 15.2. The molecule has 94 valence electrons. The van der Waals surface area contributed by atoms with Gasteiger partial charge < -0.3 is 9.15 Å². The molecule has 0 saturated heterocycles. The van der Waals surface area contributed by atoms with Gasteiger partial charge in [-0.25, -0.2) is 0 Å². The summed E-state index contributed by atoms with van der Waals surface area (Å²) in [7, 11) is 0. The molecule has 0 N–H and O–H groups in total. The van der Waals surface area contributed by atoms with Crippen LogP contribution < -0.4 is 4.74 Å². The fourth-order valence-corrected chi connectivity index (χ4v) is 1.98. The molecule has 0 atom stereocenters. The molecule has 3 nitrogen and oxygen atoms in total. The van der Waals surface area contributed by atoms with Crippen molar-refractivity contribution in [2.24, 2.45) is 0 Å². The van der Waals surface area contributed by atoms with Gasteiger partial charge in [0.15, 0.2) is 0 Å². The molecule has 3 heteroatoms. The summed E-state index contributed by atoms with van der Waals surface area (Å²) >= 11 is 0. The number of carbonyl (C=O) groups excluding carboxylic acids is 1. The second-order valence-corrected chi connectivity index (χ2v) is 4.24. The molecule has 1 aromatic heterocycles. The van der Waals surface area contributed by atoms with E-state index in [1.54, 1.807) is 18.4 Å². The minimum atomic E-state index is 0.462. The first-order chi connectivity index (χ1) is 9.36. The van der Waals surface area contributed by atoms with Gasteiger partial charge in [0, 0.05) is 5.56 Å². The smallest absolute Gasteiger partial charge is 0.150 e. The second-order valence-electron chi connectivity index (χ2n) is 4.24. The highest BCUT2D eigenvalue weighted by Gasteiger charge is 2.07. The summed E-state index contributed by atoms with van der Waals surface area (Å²) in [5, 5.41) is 0.876. The van der Waals surface area contributed by atoms with Crippen molar-refractivity contribution < 1.29 is 13.9 Å². The lowest BCUT2D eigenvalue weighted by Crippen LogP contribution is -1.96. The lowest BCUT2D eigenvalue weighted by Gasteiger charge is -2.08. The summed E-state index contributed by atoms with van der Waals surface area (Å²) in [6.07, 6.45) is 2.38. The molecule has 3 aromatic rings. The normalized spacial score (nSPS) is 10.5. The molecule has 0 bridgehead atoms. The highest BCUT2D eigenvalue weighted by atomic mass is 16.5. The lowest BCUT2D eigenvalue weighted by atomic mass is 10.1. The van der Waals surface area contributed by atoms with Crippen LogP contribution >= 0.6 is 0 Å². The Morgan fingerprint density at radius 1 is 1.11 bits per heavy atom. The number of benzene rings is 2. The highest BCUT2D eigenvalue weighted by molar-refractivity contribution is 5.90. The third-order valence-corrected chi connectivity index (χ3v) is 2.93. The molecule has 0 spiro atoms. The Balaban J connectivity index is 1.91. The summed E-state index contributed by atoms with van der Waals surface area (Å²) < 4.78 is 11.1. The van der Waals surface area contributed by atoms with Crippen LogP contribution in [0.1, 0.15) is 15.9 Å². The average Bonchev–Trinajstić information content (AvgIpc) is 2.94. The molecule has 3 rings (SSSR count). The van der Waals surface area contributed by atoms with Gasteiger partial charge in [-0.15, -0.1) is 0 Å². The van der Waals surface area contributed by atoms with Crippen molar-refractivity contribution in [3.05, 3.63) is 65.9 Å². The van der Waals surface area contributed by atoms with Crippen molar-refractivity contribution in [2.75, 3.05) is 0 Å². The van der Waals surface area contributed by atoms with E-state index in [9.17, 15) is 4.79 Å². The number of furan rings is 1. The Morgan fingerprint density at radius 2 is 1.95 bits per heavy atom. The van der Waals surface area contributed by atoms with Crippen molar-refractivity contribution in [1.29, 1.82) is 0 Å². The molecule has 0 aliphatic rings. The molecule has 0 aliphatic heterocycles. The Hall–Kier alpha value is -2.55. The minimum Gasteiger partial charge on any atom is -0.488 e. The topological polar surface area (TPSA) is 39.4 Å². The van der Waals surface area contributed by atoms with E-state index in [-0.39, 0.29) is 0 Å². The third kappa shape index (κ3) is 2.36. The van der Waals surface area contributed by atoms with Crippen molar-refractivity contribution in [3.8, 4) is 5.75 Å². The number of aldehydes is 1. The Labute approximate surface area is 110 Å². The molecule has 2 aromatic carbocycles. The van der Waals surface area contributed by atoms with Crippen LogP contribution in [0.25, 0.3) is 11.0 Å². The summed E-state index contributed by atoms with van der Waals surface area (Å²) in [5.74, 6) is 0.664. The number of carbonyl (C=O) groups is 1. The Kier molecular flexibility index (Phi) is 3.02. The zero-order valence-corrected chi connectivity index (χ0v) is 10.2. The van der Waals surface area contributed by atoms with Gasteiger partial charge in [-0.2, -0.15) is 0 Å². The molecule has 19 heavy (non-hydrogen) atoms. The van der Waals surface area contributed by atoms with Crippen molar-refractivity contribution >= 4 is 17.3 Å². The number of ether oxygens (including phenoxy) is 1. The predicted octanol–water partition coefficient (Wildman–Crippen LogP) is 3.82. The van der Waals surface area contributed by atoms with Gasteiger partial charge in [0.25, 0.3) is 0 Å². The SMILES string of the molecule is O=Cc1cc(OCc2ccccc2)c2ccoc2c1. The van der Waals surface area contributed by atoms with Gasteiger partial charge in [-0.1, -0.05) is 30.3 Å². The van der Waals surface area contributed by atoms with Crippen LogP contribution in [-0.2, 0) is 6.61 Å². The van der Waals surface area contributed by atoms with Crippen molar-refractivity contribution in [1.82, 2.24) is 0 Å². The first kappa shape index (κ1) is 11.5. The third-order valence-electron chi connectivity index (χ3n) is 2.93. The van der Waals surface area contributed by atoms with Crippen LogP contribution in [0.5, 0.6) is 5.75 Å². The standard InChI is InChI=1S/C16H12O3/c17-10-13-8-15-14(6-7-18-15)16(9-13)19-11-12-4-2-1-3-5-12/h1-10H,11H2. The maximum atomic E-state index is 10.9. The maximum Gasteiger partial charge on any atom is 0.150 e. The van der Waals surface area contributed by atoms with Crippen molar-refractivity contribution in [3.63, 3.8) is 0 Å². The Morgan fingerprint density at radius 3 is 2.74 bits per heavy atom. The van der Waals surface area contributed by atoms with Gasteiger partial charge in [-0.3, -0.25) is 4.79 Å². The second kappa shape index (κ2) is 4.98. The zero-order chi connectivity index (χ0) is 13.1. The number of rotatable bonds is 4. The summed E-state index contributed by atoms with van der Waals surface area (Å²) in [5.41, 5.74) is 2.29. The van der Waals surface area contributed by atoms with Crippen LogP contribution in [0, 0.1) is 0 Å². The van der Waals surface area contributed by atoms with Gasteiger partial charge >= 0.3 is 0 Å². The fourth-order valence-electron chi connectivity index (χ4n) is 1.98. The fraction of sp³-hybridized carbons (Fsp3) is 0.0625. The number of hydrogen-bond donors (Lipinski definition) is 0. The molecule has 0 unspecified atom stereocenters. The lowest BCUT2D eigenvalue weighted by molar-refractivity contribution is 0.112. The van der Waals surface area contributed by atoms with E-state index < -0.39 is 0 Å². The Bertz CT molecular complexity index is 698. The molecule has 0 aliphatic carbocycles. The summed E-state index contributed by atoms with van der Waals surface area (Å²) in [4.78, 5) is 10.9. The van der Waals surface area contributed by atoms with E-state index in [1.807, 2.05) is 36.4 Å². The van der Waals surface area contributed by atoms with Gasteiger partial charge in [-0.05, 0) is 23.8 Å². The largest absolute Gasteiger partial charge is 0.488 e. The average molecular weight is 252 g/mol. The number of fused-ring (bicyclic) bond motifs is 1. The zero-order valence-electron chi connectivity index (χ0n) is 10.2. The molecule has 0 saturated carbocycles. The van der Waals surface area contributed by atoms with Crippen LogP contribution in [-0.4, -0.2) is 6.29 Å². The molecule has 0 fully saturated rings. The van der Waals surface area contributed by atoms with E-state index in [2.05, 4.69) is 0 Å². The maximum absolute atomic E-state index is 10.9. The monoisotopic (exact) mass is 252 g/mol. The van der Waals surface area contributed by atoms with Gasteiger partial charge in [0.05, 0.1) is 11.6 Å². The molecular formula is C16H12O3. The molecule has 0 amide bonds. The first-order valence-electron chi connectivity index (χ1n) is 6.00. The minimum absolute atomic E-state index is 0.462. The molecule has 1 heterocycles. The van der Waals surface area contributed by atoms with Gasteiger partial charge in [0.2, 0.25) is 0 Å². The summed E-state index contributed by atoms with van der Waals surface area (Å²) in [6.45, 7) is 0.462. The van der Waals surface area contributed by atoms with Crippen LogP contribution in [0.4, 0.5) is 0 Å². The van der Waals surface area contributed by atoms with E-state index in [4.69, 9.17) is 9.15 Å². The van der Waals surface area contributed by atoms with E-state index in [0.717, 1.165) is 17.2 Å². The quantitative estimate of drug-likeness (QED) is 0.662. The van der Waals surface area contributed by atoms with E-state index in [1.165, 1.54) is 0 Å². The number of hydrogen-bond acceptors (Lipinski definition) is 3. The van der Waals surface area contributed by atoms with Crippen LogP contribution in [0.2, 0.25) is 0 Å². The predicted molar refractivity (Wildman–Crippen MR) is 72.4 cm³/mol. The van der Waals surface area contributed by atoms with E-state index >= 15 is 0 Å². The van der Waals surface area contributed by atoms with Gasteiger partial charge in [0.1, 0.15) is 24.2 Å². The molecule has 0 radical (unpaired) electrons.